The molecule has 0 saturated carbocycles. The molecule has 11 nitrogen and oxygen atoms in total. The second kappa shape index (κ2) is 7.23. The zero-order valence-corrected chi connectivity index (χ0v) is 14.4. The van der Waals surface area contributed by atoms with Crippen LogP contribution in [0.3, 0.4) is 0 Å². The standard InChI is InChI=1S/C18H10N4O7/c23-15-11(9-19-13-5-1-3-7-21(13)15)27-17(25)29-18(26)28-12-10-20-14-6-2-4-8-22(14)16(12)24/h1-10H. The maximum atomic E-state index is 12.2. The molecule has 0 N–H and O–H groups in total. The summed E-state index contributed by atoms with van der Waals surface area (Å²) in [6, 6.07) is 9.69. The molecule has 0 saturated heterocycles. The predicted octanol–water partition coefficient (Wildman–Crippen LogP) is 1.42. The van der Waals surface area contributed by atoms with Crippen LogP contribution < -0.4 is 20.6 Å². The highest BCUT2D eigenvalue weighted by molar-refractivity contribution is 5.79. The van der Waals surface area contributed by atoms with E-state index in [1.54, 1.807) is 36.4 Å². The quantitative estimate of drug-likeness (QED) is 0.366. The molecule has 0 aliphatic carbocycles. The van der Waals surface area contributed by atoms with E-state index in [-0.39, 0.29) is 0 Å². The van der Waals surface area contributed by atoms with Crippen LogP contribution in [0.2, 0.25) is 0 Å². The van der Waals surface area contributed by atoms with E-state index >= 15 is 0 Å². The SMILES string of the molecule is O=C(OC(=O)Oc1cnc2ccccn2c1=O)Oc1cnc2ccccn2c1=O. The summed E-state index contributed by atoms with van der Waals surface area (Å²) < 4.78 is 16.0. The molecule has 0 aliphatic heterocycles. The second-order valence-corrected chi connectivity index (χ2v) is 5.52. The van der Waals surface area contributed by atoms with Gasteiger partial charge in [0.25, 0.3) is 0 Å². The van der Waals surface area contributed by atoms with Gasteiger partial charge in [0.05, 0.1) is 12.4 Å². The molecule has 0 spiro atoms. The number of rotatable bonds is 2. The molecule has 4 aromatic heterocycles. The molecule has 0 aromatic carbocycles. The van der Waals surface area contributed by atoms with Crippen LogP contribution >= 0.6 is 0 Å². The lowest BCUT2D eigenvalue weighted by atomic mass is 10.4. The Labute approximate surface area is 160 Å². The number of ether oxygens (including phenoxy) is 3. The maximum absolute atomic E-state index is 12.2. The zero-order valence-electron chi connectivity index (χ0n) is 14.4. The molecule has 29 heavy (non-hydrogen) atoms. The molecular weight excluding hydrogens is 384 g/mol. The number of nitrogens with zero attached hydrogens (tertiary/aromatic N) is 4. The predicted molar refractivity (Wildman–Crippen MR) is 96.1 cm³/mol. The largest absolute Gasteiger partial charge is 0.524 e. The van der Waals surface area contributed by atoms with Crippen molar-refractivity contribution in [2.45, 2.75) is 0 Å². The van der Waals surface area contributed by atoms with Crippen molar-refractivity contribution in [1.82, 2.24) is 18.8 Å². The number of aromatic nitrogens is 4. The summed E-state index contributed by atoms with van der Waals surface area (Å²) in [6.07, 6.45) is 1.83. The van der Waals surface area contributed by atoms with Crippen molar-refractivity contribution in [3.8, 4) is 11.5 Å². The third kappa shape index (κ3) is 3.51. The Hall–Kier alpha value is -4.54. The van der Waals surface area contributed by atoms with Crippen LogP contribution in [0.4, 0.5) is 9.59 Å². The fraction of sp³-hybridized carbons (Fsp3) is 0. The number of pyridine rings is 2. The zero-order chi connectivity index (χ0) is 20.4. The number of fused-ring (bicyclic) bond motifs is 2. The number of carbonyl (C=O) groups excluding carboxylic acids is 2. The summed E-state index contributed by atoms with van der Waals surface area (Å²) in [5, 5.41) is 0. The van der Waals surface area contributed by atoms with Crippen LogP contribution in [0.1, 0.15) is 0 Å². The summed E-state index contributed by atoms with van der Waals surface area (Å²) in [4.78, 5) is 55.9. The van der Waals surface area contributed by atoms with Crippen molar-refractivity contribution in [3.63, 3.8) is 0 Å². The van der Waals surface area contributed by atoms with Crippen LogP contribution in [-0.4, -0.2) is 31.1 Å². The Morgan fingerprint density at radius 2 is 1.17 bits per heavy atom. The van der Waals surface area contributed by atoms with E-state index in [2.05, 4.69) is 14.7 Å². The van der Waals surface area contributed by atoms with Gasteiger partial charge < -0.3 is 14.2 Å². The number of hydrogen-bond acceptors (Lipinski definition) is 9. The first-order valence-electron chi connectivity index (χ1n) is 8.07. The molecule has 0 amide bonds. The first-order chi connectivity index (χ1) is 14.0. The molecule has 4 rings (SSSR count). The molecule has 4 aromatic rings. The Kier molecular flexibility index (Phi) is 4.45. The van der Waals surface area contributed by atoms with Crippen LogP contribution in [-0.2, 0) is 4.74 Å². The molecule has 0 bridgehead atoms. The van der Waals surface area contributed by atoms with Gasteiger partial charge in [0.2, 0.25) is 11.5 Å². The monoisotopic (exact) mass is 394 g/mol. The molecule has 0 atom stereocenters. The Balaban J connectivity index is 1.47. The highest BCUT2D eigenvalue weighted by atomic mass is 16.8. The Morgan fingerprint density at radius 1 is 0.724 bits per heavy atom. The summed E-state index contributed by atoms with van der Waals surface area (Å²) in [5.41, 5.74) is -0.695. The Bertz CT molecular complexity index is 1270. The van der Waals surface area contributed by atoms with E-state index in [1.165, 1.54) is 12.4 Å². The van der Waals surface area contributed by atoms with Gasteiger partial charge in [-0.2, -0.15) is 0 Å². The molecule has 144 valence electrons. The lowest BCUT2D eigenvalue weighted by Gasteiger charge is -2.06. The van der Waals surface area contributed by atoms with Gasteiger partial charge in [-0.1, -0.05) is 12.1 Å². The van der Waals surface area contributed by atoms with E-state index < -0.39 is 34.9 Å². The van der Waals surface area contributed by atoms with Gasteiger partial charge in [-0.15, -0.1) is 0 Å². The average molecular weight is 394 g/mol. The van der Waals surface area contributed by atoms with Crippen molar-refractivity contribution in [3.05, 3.63) is 81.9 Å². The smallest absolute Gasteiger partial charge is 0.387 e. The van der Waals surface area contributed by atoms with Crippen molar-refractivity contribution < 1.29 is 23.8 Å². The third-order valence-corrected chi connectivity index (χ3v) is 3.72. The molecule has 11 heteroatoms. The van der Waals surface area contributed by atoms with Gasteiger partial charge in [0.15, 0.2) is 0 Å². The first-order valence-corrected chi connectivity index (χ1v) is 8.07. The molecule has 0 aliphatic rings. The summed E-state index contributed by atoms with van der Waals surface area (Å²) in [7, 11) is 0. The molecular formula is C18H10N4O7. The molecule has 4 heterocycles. The number of hydrogen-bond donors (Lipinski definition) is 0. The van der Waals surface area contributed by atoms with E-state index in [0.717, 1.165) is 21.2 Å². The highest BCUT2D eigenvalue weighted by Gasteiger charge is 2.19. The summed E-state index contributed by atoms with van der Waals surface area (Å²) in [6.45, 7) is 0. The van der Waals surface area contributed by atoms with E-state index in [9.17, 15) is 19.2 Å². The molecule has 0 radical (unpaired) electrons. The van der Waals surface area contributed by atoms with E-state index in [1.807, 2.05) is 0 Å². The fourth-order valence-electron chi connectivity index (χ4n) is 2.45. The Morgan fingerprint density at radius 3 is 1.62 bits per heavy atom. The molecule has 0 fully saturated rings. The lowest BCUT2D eigenvalue weighted by Crippen LogP contribution is -2.26. The van der Waals surface area contributed by atoms with E-state index in [4.69, 9.17) is 9.47 Å². The van der Waals surface area contributed by atoms with Crippen molar-refractivity contribution >= 4 is 23.6 Å². The van der Waals surface area contributed by atoms with Gasteiger partial charge in [-0.25, -0.2) is 19.6 Å². The minimum atomic E-state index is -1.53. The second-order valence-electron chi connectivity index (χ2n) is 5.52. The van der Waals surface area contributed by atoms with E-state index in [0.29, 0.717) is 11.3 Å². The fourth-order valence-corrected chi connectivity index (χ4v) is 2.45. The van der Waals surface area contributed by atoms with Crippen molar-refractivity contribution in [1.29, 1.82) is 0 Å². The van der Waals surface area contributed by atoms with Crippen LogP contribution in [0.15, 0.2) is 70.8 Å². The third-order valence-electron chi connectivity index (χ3n) is 3.72. The minimum absolute atomic E-state index is 0.335. The van der Waals surface area contributed by atoms with Gasteiger partial charge in [-0.05, 0) is 24.3 Å². The summed E-state index contributed by atoms with van der Waals surface area (Å²) in [5.74, 6) is -0.919. The van der Waals surface area contributed by atoms with Crippen LogP contribution in [0, 0.1) is 0 Å². The normalized spacial score (nSPS) is 10.6. The highest BCUT2D eigenvalue weighted by Crippen LogP contribution is 2.07. The minimum Gasteiger partial charge on any atom is -0.387 e. The van der Waals surface area contributed by atoms with Crippen molar-refractivity contribution in [2.75, 3.05) is 0 Å². The van der Waals surface area contributed by atoms with Crippen molar-refractivity contribution in [2.24, 2.45) is 0 Å². The van der Waals surface area contributed by atoms with Crippen LogP contribution in [0.5, 0.6) is 11.5 Å². The molecule has 0 unspecified atom stereocenters. The maximum Gasteiger partial charge on any atom is 0.524 e. The average Bonchev–Trinajstić information content (AvgIpc) is 2.72. The topological polar surface area (TPSA) is 131 Å². The number of carbonyl (C=O) groups is 2. The first kappa shape index (κ1) is 17.9. The van der Waals surface area contributed by atoms with Gasteiger partial charge >= 0.3 is 23.4 Å². The summed E-state index contributed by atoms with van der Waals surface area (Å²) >= 11 is 0. The lowest BCUT2D eigenvalue weighted by molar-refractivity contribution is 0.0886. The van der Waals surface area contributed by atoms with Gasteiger partial charge in [0.1, 0.15) is 11.3 Å². The van der Waals surface area contributed by atoms with Gasteiger partial charge in [0, 0.05) is 12.4 Å². The van der Waals surface area contributed by atoms with Crippen LogP contribution in [0.25, 0.3) is 11.3 Å². The van der Waals surface area contributed by atoms with Gasteiger partial charge in [-0.3, -0.25) is 18.4 Å².